The molecule has 0 saturated heterocycles. The van der Waals surface area contributed by atoms with Crippen LogP contribution in [0.2, 0.25) is 0 Å². The molecule has 0 atom stereocenters. The molecule has 4 N–H and O–H groups in total. The third kappa shape index (κ3) is 10.5. The van der Waals surface area contributed by atoms with E-state index in [2.05, 4.69) is 25.1 Å². The Hall–Kier alpha value is -3.23. The minimum absolute atomic E-state index is 0.0501. The number of allylic oxidation sites excluding steroid dienone is 2. The van der Waals surface area contributed by atoms with Crippen LogP contribution in [0.15, 0.2) is 71.0 Å². The van der Waals surface area contributed by atoms with Gasteiger partial charge in [0.2, 0.25) is 11.8 Å². The van der Waals surface area contributed by atoms with Crippen molar-refractivity contribution >= 4 is 46.2 Å². The lowest BCUT2D eigenvalue weighted by atomic mass is 10.0. The van der Waals surface area contributed by atoms with Gasteiger partial charge >= 0.3 is 0 Å². The minimum Gasteiger partial charge on any atom is -0.399 e. The molecule has 208 valence electrons. The van der Waals surface area contributed by atoms with Gasteiger partial charge in [-0.15, -0.1) is 0 Å². The molecule has 0 heterocycles. The van der Waals surface area contributed by atoms with Gasteiger partial charge in [-0.25, -0.2) is 0 Å². The molecule has 0 aromatic heterocycles. The first-order chi connectivity index (χ1) is 18.4. The second kappa shape index (κ2) is 15.4. The van der Waals surface area contributed by atoms with Gasteiger partial charge in [-0.05, 0) is 90.1 Å². The smallest absolute Gasteiger partial charge is 0.231 e. The number of hydrogen-bond acceptors (Lipinski definition) is 6. The first-order valence-electron chi connectivity index (χ1n) is 12.8. The highest BCUT2D eigenvalue weighted by Crippen LogP contribution is 2.30. The Balaban J connectivity index is 1.66. The molecule has 39 heavy (non-hydrogen) atoms. The van der Waals surface area contributed by atoms with Gasteiger partial charge in [0, 0.05) is 12.7 Å². The number of nitrogens with two attached hydrogens (primary N) is 1. The molecule has 2 rings (SSSR count). The normalized spacial score (nSPS) is 10.6. The SMILES string of the molecule is C=C(CCCCC(=C)SC(=N)NC(=O)Cc1cccc(C)c1C)SC(=C)N(C)C(=O)Cc1cccc(N)c1C. The molecule has 8 heteroatoms. The van der Waals surface area contributed by atoms with Crippen molar-refractivity contribution in [1.29, 1.82) is 5.41 Å². The Morgan fingerprint density at radius 1 is 0.897 bits per heavy atom. The van der Waals surface area contributed by atoms with Gasteiger partial charge in [-0.1, -0.05) is 73.6 Å². The number of carbonyl (C=O) groups is 2. The number of likely N-dealkylation sites (N-methyl/N-ethyl adjacent to an activating group) is 1. The summed E-state index contributed by atoms with van der Waals surface area (Å²) in [5.74, 6) is -0.250. The van der Waals surface area contributed by atoms with Crippen molar-refractivity contribution < 1.29 is 9.59 Å². The van der Waals surface area contributed by atoms with E-state index in [-0.39, 0.29) is 29.8 Å². The van der Waals surface area contributed by atoms with Crippen LogP contribution >= 0.6 is 23.5 Å². The van der Waals surface area contributed by atoms with Crippen molar-refractivity contribution in [3.05, 3.63) is 98.8 Å². The Bertz CT molecular complexity index is 1270. The molecule has 0 bridgehead atoms. The van der Waals surface area contributed by atoms with Crippen molar-refractivity contribution in [3.63, 3.8) is 0 Å². The van der Waals surface area contributed by atoms with Crippen molar-refractivity contribution in [1.82, 2.24) is 10.2 Å². The molecule has 2 amide bonds. The molecule has 0 aliphatic heterocycles. The predicted octanol–water partition coefficient (Wildman–Crippen LogP) is 7.01. The molecular formula is C31H40N4O2S2. The largest absolute Gasteiger partial charge is 0.399 e. The summed E-state index contributed by atoms with van der Waals surface area (Å²) in [7, 11) is 1.73. The molecule has 0 aliphatic rings. The number of nitrogen functional groups attached to an aromatic ring is 1. The Labute approximate surface area is 241 Å². The first kappa shape index (κ1) is 32.0. The number of hydrogen-bond donors (Lipinski definition) is 3. The lowest BCUT2D eigenvalue weighted by molar-refractivity contribution is -0.127. The molecule has 0 aliphatic carbocycles. The highest BCUT2D eigenvalue weighted by Gasteiger charge is 2.16. The molecule has 0 radical (unpaired) electrons. The van der Waals surface area contributed by atoms with E-state index in [1.54, 1.807) is 11.9 Å². The quantitative estimate of drug-likeness (QED) is 0.105. The number of unbranched alkanes of at least 4 members (excludes halogenated alkanes) is 1. The molecule has 0 unspecified atom stereocenters. The molecule has 2 aromatic rings. The number of amides is 2. The van der Waals surface area contributed by atoms with Gasteiger partial charge in [-0.3, -0.25) is 15.0 Å². The minimum atomic E-state index is -0.200. The zero-order valence-electron chi connectivity index (χ0n) is 23.5. The molecule has 0 spiro atoms. The summed E-state index contributed by atoms with van der Waals surface area (Å²) in [5.41, 5.74) is 11.7. The third-order valence-corrected chi connectivity index (χ3v) is 8.37. The Morgan fingerprint density at radius 2 is 1.46 bits per heavy atom. The summed E-state index contributed by atoms with van der Waals surface area (Å²) in [6, 6.07) is 11.5. The lowest BCUT2D eigenvalue weighted by Crippen LogP contribution is -2.29. The van der Waals surface area contributed by atoms with Gasteiger partial charge < -0.3 is 16.0 Å². The van der Waals surface area contributed by atoms with E-state index >= 15 is 0 Å². The van der Waals surface area contributed by atoms with Gasteiger partial charge in [0.05, 0.1) is 17.9 Å². The number of nitrogens with zero attached hydrogens (tertiary/aromatic N) is 1. The zero-order valence-corrected chi connectivity index (χ0v) is 25.1. The van der Waals surface area contributed by atoms with Crippen molar-refractivity contribution in [2.75, 3.05) is 12.8 Å². The van der Waals surface area contributed by atoms with E-state index in [1.165, 1.54) is 23.5 Å². The van der Waals surface area contributed by atoms with E-state index in [1.807, 2.05) is 57.2 Å². The van der Waals surface area contributed by atoms with Gasteiger partial charge in [0.25, 0.3) is 0 Å². The maximum Gasteiger partial charge on any atom is 0.231 e. The summed E-state index contributed by atoms with van der Waals surface area (Å²) < 4.78 is 0. The van der Waals surface area contributed by atoms with Crippen LogP contribution in [0, 0.1) is 26.2 Å². The number of amidine groups is 1. The standard InChI is InChI=1S/C31H40N4O2S2/c1-20-12-10-15-26(23(20)4)18-29(36)34-31(33)39-22(3)14-9-8-13-21(2)38-25(6)35(7)30(37)19-27-16-11-17-28(32)24(27)5/h10-12,15-17H,2-3,6,8-9,13-14,18-19,32H2,1,4-5,7H3,(H2,33,34,36). The average molecular weight is 565 g/mol. The molecular weight excluding hydrogens is 525 g/mol. The summed E-state index contributed by atoms with van der Waals surface area (Å²) in [5, 5.41) is 11.5. The number of nitrogens with one attached hydrogen (secondary N) is 2. The maximum atomic E-state index is 12.7. The first-order valence-corrected chi connectivity index (χ1v) is 14.5. The van der Waals surface area contributed by atoms with Gasteiger partial charge in [0.1, 0.15) is 0 Å². The zero-order chi connectivity index (χ0) is 29.1. The van der Waals surface area contributed by atoms with Crippen LogP contribution < -0.4 is 11.1 Å². The number of aryl methyl sites for hydroxylation is 1. The second-order valence-electron chi connectivity index (χ2n) is 9.56. The fourth-order valence-electron chi connectivity index (χ4n) is 3.81. The summed E-state index contributed by atoms with van der Waals surface area (Å²) in [4.78, 5) is 28.4. The number of rotatable bonds is 13. The van der Waals surface area contributed by atoms with E-state index in [9.17, 15) is 9.59 Å². The highest BCUT2D eigenvalue weighted by molar-refractivity contribution is 8.17. The fourth-order valence-corrected chi connectivity index (χ4v) is 5.33. The molecule has 0 fully saturated rings. The average Bonchev–Trinajstić information content (AvgIpc) is 2.86. The van der Waals surface area contributed by atoms with Crippen LogP contribution in [0.1, 0.15) is 53.5 Å². The van der Waals surface area contributed by atoms with Crippen molar-refractivity contribution in [3.8, 4) is 0 Å². The number of benzene rings is 2. The monoisotopic (exact) mass is 564 g/mol. The Morgan fingerprint density at radius 3 is 2.10 bits per heavy atom. The summed E-state index contributed by atoms with van der Waals surface area (Å²) in [6.07, 6.45) is 3.80. The highest BCUT2D eigenvalue weighted by atomic mass is 32.2. The maximum absolute atomic E-state index is 12.7. The van der Waals surface area contributed by atoms with Gasteiger partial charge in [0.15, 0.2) is 5.17 Å². The van der Waals surface area contributed by atoms with Gasteiger partial charge in [-0.2, -0.15) is 0 Å². The number of anilines is 1. The predicted molar refractivity (Wildman–Crippen MR) is 169 cm³/mol. The van der Waals surface area contributed by atoms with Crippen molar-refractivity contribution in [2.24, 2.45) is 0 Å². The number of thioether (sulfide) groups is 2. The fraction of sp³-hybridized carbons (Fsp3) is 0.323. The van der Waals surface area contributed by atoms with Crippen LogP contribution in [-0.2, 0) is 22.4 Å². The Kier molecular flexibility index (Phi) is 12.6. The molecule has 0 saturated carbocycles. The topological polar surface area (TPSA) is 99.3 Å². The molecule has 2 aromatic carbocycles. The summed E-state index contributed by atoms with van der Waals surface area (Å²) >= 11 is 2.60. The lowest BCUT2D eigenvalue weighted by Gasteiger charge is -2.20. The van der Waals surface area contributed by atoms with Crippen LogP contribution in [0.5, 0.6) is 0 Å². The van der Waals surface area contributed by atoms with E-state index < -0.39 is 0 Å². The van der Waals surface area contributed by atoms with Crippen LogP contribution in [0.25, 0.3) is 0 Å². The second-order valence-corrected chi connectivity index (χ2v) is 12.0. The number of carbonyl (C=O) groups excluding carboxylic acids is 2. The van der Waals surface area contributed by atoms with E-state index in [0.29, 0.717) is 10.7 Å². The third-order valence-electron chi connectivity index (χ3n) is 6.57. The summed E-state index contributed by atoms with van der Waals surface area (Å²) in [6.45, 7) is 18.2. The van der Waals surface area contributed by atoms with E-state index in [0.717, 1.165) is 63.3 Å². The molecule has 6 nitrogen and oxygen atoms in total. The van der Waals surface area contributed by atoms with Crippen molar-refractivity contribution in [2.45, 2.75) is 59.3 Å². The van der Waals surface area contributed by atoms with Crippen LogP contribution in [0.3, 0.4) is 0 Å². The van der Waals surface area contributed by atoms with Crippen LogP contribution in [-0.4, -0.2) is 28.9 Å². The van der Waals surface area contributed by atoms with Crippen LogP contribution in [0.4, 0.5) is 5.69 Å². The van der Waals surface area contributed by atoms with E-state index in [4.69, 9.17) is 11.1 Å².